The molecule has 0 fully saturated rings. The molecule has 0 bridgehead atoms. The number of rotatable bonds is 1. The summed E-state index contributed by atoms with van der Waals surface area (Å²) in [6, 6.07) is 4.24. The number of fused-ring (bicyclic) bond motifs is 1. The molecule has 0 saturated carbocycles. The quantitative estimate of drug-likeness (QED) is 0.718. The van der Waals surface area contributed by atoms with Gasteiger partial charge in [0.2, 0.25) is 0 Å². The highest BCUT2D eigenvalue weighted by Gasteiger charge is 2.19. The van der Waals surface area contributed by atoms with Gasteiger partial charge in [0.05, 0.1) is 4.88 Å². The van der Waals surface area contributed by atoms with Gasteiger partial charge in [-0.15, -0.1) is 11.3 Å². The second-order valence-corrected chi connectivity index (χ2v) is 5.25. The number of nitrogens with zero attached hydrogens (tertiary/aromatic N) is 2. The van der Waals surface area contributed by atoms with Crippen molar-refractivity contribution in [3.05, 3.63) is 29.4 Å². The molecule has 0 radical (unpaired) electrons. The molecular weight excluding hydrogens is 204 g/mol. The van der Waals surface area contributed by atoms with Gasteiger partial charge < -0.3 is 4.57 Å². The van der Waals surface area contributed by atoms with E-state index in [-0.39, 0.29) is 0 Å². The minimum atomic E-state index is 0.811. The van der Waals surface area contributed by atoms with E-state index < -0.39 is 0 Å². The lowest BCUT2D eigenvalue weighted by Crippen LogP contribution is -2.16. The highest BCUT2D eigenvalue weighted by Crippen LogP contribution is 2.29. The summed E-state index contributed by atoms with van der Waals surface area (Å²) >= 11 is 1.77. The molecule has 3 heterocycles. The van der Waals surface area contributed by atoms with Gasteiger partial charge in [0.25, 0.3) is 0 Å². The van der Waals surface area contributed by atoms with Gasteiger partial charge in [-0.1, -0.05) is 13.0 Å². The van der Waals surface area contributed by atoms with E-state index >= 15 is 0 Å². The average Bonchev–Trinajstić information content (AvgIpc) is 2.82. The van der Waals surface area contributed by atoms with Gasteiger partial charge in [-0.2, -0.15) is 0 Å². The lowest BCUT2D eigenvalue weighted by Gasteiger charge is -2.21. The number of hydrogen-bond acceptors (Lipinski definition) is 2. The topological polar surface area (TPSA) is 17.8 Å². The van der Waals surface area contributed by atoms with Crippen molar-refractivity contribution in [2.75, 3.05) is 0 Å². The lowest BCUT2D eigenvalue weighted by atomic mass is 9.99. The van der Waals surface area contributed by atoms with Crippen LogP contribution in [0.15, 0.2) is 23.7 Å². The zero-order chi connectivity index (χ0) is 10.3. The standard InChI is InChI=1S/C12H14N2S/c1-9-4-5-14-10(7-9)8-13-12(14)11-3-2-6-15-11/h2-3,6,8-9H,4-5,7H2,1H3. The monoisotopic (exact) mass is 218 g/mol. The fourth-order valence-corrected chi connectivity index (χ4v) is 2.96. The van der Waals surface area contributed by atoms with Gasteiger partial charge in [-0.05, 0) is 30.2 Å². The lowest BCUT2D eigenvalue weighted by molar-refractivity contribution is 0.419. The Hall–Kier alpha value is -1.09. The third-order valence-corrected chi connectivity index (χ3v) is 3.95. The summed E-state index contributed by atoms with van der Waals surface area (Å²) in [5, 5.41) is 2.11. The van der Waals surface area contributed by atoms with Crippen LogP contribution in [0.1, 0.15) is 19.0 Å². The smallest absolute Gasteiger partial charge is 0.150 e. The van der Waals surface area contributed by atoms with Crippen molar-refractivity contribution in [3.63, 3.8) is 0 Å². The fraction of sp³-hybridized carbons (Fsp3) is 0.417. The summed E-state index contributed by atoms with van der Waals surface area (Å²) < 4.78 is 2.38. The molecule has 78 valence electrons. The maximum atomic E-state index is 4.55. The van der Waals surface area contributed by atoms with Crippen LogP contribution >= 0.6 is 11.3 Å². The SMILES string of the molecule is CC1CCn2c(cnc2-c2cccs2)C1. The van der Waals surface area contributed by atoms with Gasteiger partial charge in [0, 0.05) is 18.4 Å². The first-order chi connectivity index (χ1) is 7.34. The summed E-state index contributed by atoms with van der Waals surface area (Å²) in [7, 11) is 0. The van der Waals surface area contributed by atoms with Crippen molar-refractivity contribution in [1.82, 2.24) is 9.55 Å². The van der Waals surface area contributed by atoms with Crippen LogP contribution in [0.3, 0.4) is 0 Å². The van der Waals surface area contributed by atoms with E-state index in [1.54, 1.807) is 11.3 Å². The van der Waals surface area contributed by atoms with Crippen molar-refractivity contribution < 1.29 is 0 Å². The predicted molar refractivity (Wildman–Crippen MR) is 63.0 cm³/mol. The Bertz CT molecular complexity index is 456. The van der Waals surface area contributed by atoms with E-state index in [4.69, 9.17) is 0 Å². The molecule has 2 aromatic rings. The van der Waals surface area contributed by atoms with Crippen LogP contribution in [0.4, 0.5) is 0 Å². The van der Waals surface area contributed by atoms with E-state index in [0.717, 1.165) is 18.3 Å². The van der Waals surface area contributed by atoms with Crippen molar-refractivity contribution in [2.24, 2.45) is 5.92 Å². The van der Waals surface area contributed by atoms with E-state index in [9.17, 15) is 0 Å². The van der Waals surface area contributed by atoms with Gasteiger partial charge in [0.1, 0.15) is 5.82 Å². The van der Waals surface area contributed by atoms with E-state index in [2.05, 4.69) is 34.0 Å². The first-order valence-electron chi connectivity index (χ1n) is 5.43. The number of hydrogen-bond donors (Lipinski definition) is 0. The fourth-order valence-electron chi connectivity index (χ4n) is 2.23. The molecule has 1 aliphatic rings. The predicted octanol–water partition coefficient (Wildman–Crippen LogP) is 3.19. The highest BCUT2D eigenvalue weighted by molar-refractivity contribution is 7.13. The van der Waals surface area contributed by atoms with Crippen LogP contribution in [-0.4, -0.2) is 9.55 Å². The van der Waals surface area contributed by atoms with Crippen molar-refractivity contribution in [2.45, 2.75) is 26.3 Å². The van der Waals surface area contributed by atoms with E-state index in [1.165, 1.54) is 23.4 Å². The Balaban J connectivity index is 2.05. The molecule has 3 heteroatoms. The summed E-state index contributed by atoms with van der Waals surface area (Å²) in [6.45, 7) is 3.45. The molecule has 3 rings (SSSR count). The van der Waals surface area contributed by atoms with Crippen LogP contribution in [0.2, 0.25) is 0 Å². The highest BCUT2D eigenvalue weighted by atomic mass is 32.1. The molecular formula is C12H14N2S. The first kappa shape index (κ1) is 9.16. The Kier molecular flexibility index (Phi) is 2.13. The first-order valence-corrected chi connectivity index (χ1v) is 6.31. The zero-order valence-corrected chi connectivity index (χ0v) is 9.63. The molecule has 0 aliphatic carbocycles. The van der Waals surface area contributed by atoms with Crippen LogP contribution in [0, 0.1) is 5.92 Å². The molecule has 2 nitrogen and oxygen atoms in total. The van der Waals surface area contributed by atoms with Crippen LogP contribution < -0.4 is 0 Å². The zero-order valence-electron chi connectivity index (χ0n) is 8.81. The van der Waals surface area contributed by atoms with E-state index in [0.29, 0.717) is 0 Å². The Labute approximate surface area is 93.6 Å². The van der Waals surface area contributed by atoms with E-state index in [1.807, 2.05) is 6.20 Å². The van der Waals surface area contributed by atoms with Crippen molar-refractivity contribution in [3.8, 4) is 10.7 Å². The van der Waals surface area contributed by atoms with Crippen LogP contribution in [-0.2, 0) is 13.0 Å². The number of imidazole rings is 1. The maximum Gasteiger partial charge on any atom is 0.150 e. The largest absolute Gasteiger partial charge is 0.327 e. The Morgan fingerprint density at radius 1 is 1.53 bits per heavy atom. The van der Waals surface area contributed by atoms with Gasteiger partial charge in [-0.3, -0.25) is 0 Å². The van der Waals surface area contributed by atoms with Crippen molar-refractivity contribution >= 4 is 11.3 Å². The number of aromatic nitrogens is 2. The molecule has 15 heavy (non-hydrogen) atoms. The van der Waals surface area contributed by atoms with Gasteiger partial charge in [-0.25, -0.2) is 4.98 Å². The average molecular weight is 218 g/mol. The Morgan fingerprint density at radius 2 is 2.47 bits per heavy atom. The molecule has 0 saturated heterocycles. The summed E-state index contributed by atoms with van der Waals surface area (Å²) in [6.07, 6.45) is 4.50. The third kappa shape index (κ3) is 1.51. The molecule has 1 atom stereocenters. The minimum absolute atomic E-state index is 0.811. The van der Waals surface area contributed by atoms with Crippen LogP contribution in [0.5, 0.6) is 0 Å². The van der Waals surface area contributed by atoms with Crippen molar-refractivity contribution in [1.29, 1.82) is 0 Å². The third-order valence-electron chi connectivity index (χ3n) is 3.08. The molecule has 0 spiro atoms. The maximum absolute atomic E-state index is 4.55. The summed E-state index contributed by atoms with van der Waals surface area (Å²) in [4.78, 5) is 5.84. The molecule has 2 aromatic heterocycles. The molecule has 0 N–H and O–H groups in total. The molecule has 0 aromatic carbocycles. The second-order valence-electron chi connectivity index (χ2n) is 4.30. The van der Waals surface area contributed by atoms with Gasteiger partial charge in [0.15, 0.2) is 0 Å². The molecule has 1 unspecified atom stereocenters. The molecule has 0 amide bonds. The number of thiophene rings is 1. The normalized spacial score (nSPS) is 20.2. The molecule has 1 aliphatic heterocycles. The van der Waals surface area contributed by atoms with Gasteiger partial charge >= 0.3 is 0 Å². The van der Waals surface area contributed by atoms with Crippen LogP contribution in [0.25, 0.3) is 10.7 Å². The second kappa shape index (κ2) is 3.49. The minimum Gasteiger partial charge on any atom is -0.327 e. The Morgan fingerprint density at radius 3 is 3.27 bits per heavy atom. The summed E-state index contributed by atoms with van der Waals surface area (Å²) in [5.41, 5.74) is 1.40. The summed E-state index contributed by atoms with van der Waals surface area (Å²) in [5.74, 6) is 1.97.